The van der Waals surface area contributed by atoms with Gasteiger partial charge in [-0.1, -0.05) is 19.8 Å². The molecular formula is C9H20N2. The molecule has 1 fully saturated rings. The summed E-state index contributed by atoms with van der Waals surface area (Å²) in [5, 5.41) is 0. The summed E-state index contributed by atoms with van der Waals surface area (Å²) in [6.45, 7) is 5.19. The zero-order valence-electron chi connectivity index (χ0n) is 7.55. The lowest BCUT2D eigenvalue weighted by molar-refractivity contribution is 0.288. The molecule has 1 aliphatic rings. The van der Waals surface area contributed by atoms with Gasteiger partial charge in [-0.2, -0.15) is 0 Å². The Kier molecular flexibility index (Phi) is 3.87. The molecule has 0 aromatic heterocycles. The van der Waals surface area contributed by atoms with Crippen LogP contribution in [0.15, 0.2) is 0 Å². The molecule has 66 valence electrons. The van der Waals surface area contributed by atoms with E-state index in [1.54, 1.807) is 0 Å². The van der Waals surface area contributed by atoms with E-state index in [1.165, 1.54) is 32.2 Å². The van der Waals surface area contributed by atoms with Crippen LogP contribution in [0.2, 0.25) is 0 Å². The van der Waals surface area contributed by atoms with Crippen molar-refractivity contribution >= 4 is 0 Å². The fraction of sp³-hybridized carbons (Fsp3) is 1.00. The number of nitrogens with two attached hydrogens (primary N) is 1. The minimum Gasteiger partial charge on any atom is -0.318 e. The molecule has 0 unspecified atom stereocenters. The molecule has 0 amide bonds. The van der Waals surface area contributed by atoms with Crippen LogP contribution in [0.4, 0.5) is 0 Å². The van der Waals surface area contributed by atoms with Gasteiger partial charge < -0.3 is 5.73 Å². The average Bonchev–Trinajstić information content (AvgIpc) is 2.82. The Morgan fingerprint density at radius 2 is 2.18 bits per heavy atom. The molecule has 0 spiro atoms. The van der Waals surface area contributed by atoms with E-state index < -0.39 is 0 Å². The Morgan fingerprint density at radius 1 is 1.45 bits per heavy atom. The highest BCUT2D eigenvalue weighted by molar-refractivity contribution is 4.73. The minimum absolute atomic E-state index is 0.723. The van der Waals surface area contributed by atoms with Crippen LogP contribution in [-0.2, 0) is 0 Å². The van der Waals surface area contributed by atoms with Crippen LogP contribution in [0.25, 0.3) is 0 Å². The largest absolute Gasteiger partial charge is 0.318 e. The topological polar surface area (TPSA) is 29.3 Å². The molecule has 0 aliphatic heterocycles. The van der Waals surface area contributed by atoms with Crippen LogP contribution in [-0.4, -0.2) is 24.7 Å². The zero-order valence-corrected chi connectivity index (χ0v) is 7.55. The molecular weight excluding hydrogens is 136 g/mol. The van der Waals surface area contributed by atoms with Crippen LogP contribution < -0.4 is 5.73 Å². The third kappa shape index (κ3) is 3.73. The highest BCUT2D eigenvalue weighted by atomic mass is 15.2. The lowest BCUT2D eigenvalue weighted by Gasteiger charge is -2.16. The van der Waals surface area contributed by atoms with Crippen LogP contribution in [0.5, 0.6) is 0 Å². The van der Waals surface area contributed by atoms with Crippen molar-refractivity contribution in [1.82, 2.24) is 4.90 Å². The van der Waals surface area contributed by atoms with Crippen molar-refractivity contribution < 1.29 is 0 Å². The van der Waals surface area contributed by atoms with Gasteiger partial charge >= 0.3 is 0 Å². The van der Waals surface area contributed by atoms with E-state index in [2.05, 4.69) is 11.8 Å². The van der Waals surface area contributed by atoms with Crippen LogP contribution in [0.1, 0.15) is 32.6 Å². The van der Waals surface area contributed by atoms with Gasteiger partial charge in [0.2, 0.25) is 0 Å². The maximum absolute atomic E-state index is 5.54. The Bertz CT molecular complexity index is 95.7. The first-order valence-electron chi connectivity index (χ1n) is 4.79. The first-order chi connectivity index (χ1) is 5.36. The normalized spacial score (nSPS) is 17.7. The maximum Gasteiger partial charge on any atom is 0.0455 e. The fourth-order valence-electron chi connectivity index (χ4n) is 1.39. The summed E-state index contributed by atoms with van der Waals surface area (Å²) in [6.07, 6.45) is 5.73. The van der Waals surface area contributed by atoms with E-state index in [0.29, 0.717) is 0 Å². The lowest BCUT2D eigenvalue weighted by atomic mass is 10.2. The molecule has 0 bridgehead atoms. The molecule has 2 heteroatoms. The third-order valence-electron chi connectivity index (χ3n) is 2.49. The predicted octanol–water partition coefficient (Wildman–Crippen LogP) is 1.41. The number of nitrogens with zero attached hydrogens (tertiary/aromatic N) is 1. The van der Waals surface area contributed by atoms with Gasteiger partial charge in [0.25, 0.3) is 0 Å². The molecule has 0 aromatic rings. The molecule has 0 atom stereocenters. The molecule has 0 radical (unpaired) electrons. The van der Waals surface area contributed by atoms with Crippen LogP contribution >= 0.6 is 0 Å². The minimum atomic E-state index is 0.723. The van der Waals surface area contributed by atoms with Crippen LogP contribution in [0.3, 0.4) is 0 Å². The first-order valence-corrected chi connectivity index (χ1v) is 4.79. The second-order valence-corrected chi connectivity index (χ2v) is 3.48. The number of rotatable bonds is 6. The third-order valence-corrected chi connectivity index (χ3v) is 2.49. The van der Waals surface area contributed by atoms with Crippen LogP contribution in [0, 0.1) is 5.92 Å². The second kappa shape index (κ2) is 4.73. The van der Waals surface area contributed by atoms with Gasteiger partial charge in [-0.15, -0.1) is 0 Å². The van der Waals surface area contributed by atoms with Crippen molar-refractivity contribution in [2.75, 3.05) is 19.8 Å². The van der Waals surface area contributed by atoms with Crippen molar-refractivity contribution in [3.8, 4) is 0 Å². The monoisotopic (exact) mass is 156 g/mol. The van der Waals surface area contributed by atoms with E-state index in [0.717, 1.165) is 19.1 Å². The average molecular weight is 156 g/mol. The highest BCUT2D eigenvalue weighted by Crippen LogP contribution is 2.33. The number of hydrogen-bond acceptors (Lipinski definition) is 2. The van der Waals surface area contributed by atoms with E-state index >= 15 is 0 Å². The smallest absolute Gasteiger partial charge is 0.0455 e. The van der Waals surface area contributed by atoms with Gasteiger partial charge in [0.05, 0.1) is 0 Å². The molecule has 0 saturated heterocycles. The van der Waals surface area contributed by atoms with E-state index in [4.69, 9.17) is 5.73 Å². The van der Waals surface area contributed by atoms with Crippen molar-refractivity contribution in [1.29, 1.82) is 0 Å². The summed E-state index contributed by atoms with van der Waals surface area (Å²) >= 11 is 0. The Balaban J connectivity index is 1.90. The van der Waals surface area contributed by atoms with Gasteiger partial charge in [-0.05, 0) is 31.8 Å². The summed E-state index contributed by atoms with van der Waals surface area (Å²) in [5.41, 5.74) is 5.54. The first kappa shape index (κ1) is 9.01. The molecule has 2 N–H and O–H groups in total. The standard InChI is InChI=1S/C9H20N2/c1-2-11(8-10)7-3-4-9-5-6-9/h9H,2-8,10H2,1H3. The van der Waals surface area contributed by atoms with E-state index in [-0.39, 0.29) is 0 Å². The zero-order chi connectivity index (χ0) is 8.10. The predicted molar refractivity (Wildman–Crippen MR) is 48.3 cm³/mol. The lowest BCUT2D eigenvalue weighted by Crippen LogP contribution is -2.30. The summed E-state index contributed by atoms with van der Waals surface area (Å²) in [4.78, 5) is 2.29. The summed E-state index contributed by atoms with van der Waals surface area (Å²) < 4.78 is 0. The van der Waals surface area contributed by atoms with Crippen molar-refractivity contribution in [2.45, 2.75) is 32.6 Å². The Hall–Kier alpha value is -0.0800. The quantitative estimate of drug-likeness (QED) is 0.589. The van der Waals surface area contributed by atoms with Crippen molar-refractivity contribution in [3.05, 3.63) is 0 Å². The molecule has 0 aromatic carbocycles. The Labute approximate surface area is 69.8 Å². The van der Waals surface area contributed by atoms with Gasteiger partial charge in [0, 0.05) is 6.67 Å². The molecule has 1 aliphatic carbocycles. The molecule has 1 rings (SSSR count). The van der Waals surface area contributed by atoms with Crippen molar-refractivity contribution in [3.63, 3.8) is 0 Å². The van der Waals surface area contributed by atoms with Gasteiger partial charge in [0.1, 0.15) is 0 Å². The SMILES string of the molecule is CCN(CN)CCCC1CC1. The molecule has 1 saturated carbocycles. The fourth-order valence-corrected chi connectivity index (χ4v) is 1.39. The van der Waals surface area contributed by atoms with Gasteiger partial charge in [-0.3, -0.25) is 4.90 Å². The maximum atomic E-state index is 5.54. The van der Waals surface area contributed by atoms with E-state index in [1.807, 2.05) is 0 Å². The molecule has 11 heavy (non-hydrogen) atoms. The number of hydrogen-bond donors (Lipinski definition) is 1. The second-order valence-electron chi connectivity index (χ2n) is 3.48. The van der Waals surface area contributed by atoms with E-state index in [9.17, 15) is 0 Å². The van der Waals surface area contributed by atoms with Crippen molar-refractivity contribution in [2.24, 2.45) is 11.7 Å². The van der Waals surface area contributed by atoms with Gasteiger partial charge in [0.15, 0.2) is 0 Å². The summed E-state index contributed by atoms with van der Waals surface area (Å²) in [6, 6.07) is 0. The molecule has 0 heterocycles. The summed E-state index contributed by atoms with van der Waals surface area (Å²) in [5.74, 6) is 1.08. The summed E-state index contributed by atoms with van der Waals surface area (Å²) in [7, 11) is 0. The Morgan fingerprint density at radius 3 is 2.64 bits per heavy atom. The van der Waals surface area contributed by atoms with Gasteiger partial charge in [-0.25, -0.2) is 0 Å². The molecule has 2 nitrogen and oxygen atoms in total. The highest BCUT2D eigenvalue weighted by Gasteiger charge is 2.20.